The summed E-state index contributed by atoms with van der Waals surface area (Å²) in [6.07, 6.45) is -1.10. The lowest BCUT2D eigenvalue weighted by atomic mass is 10.2. The molecule has 7 heteroatoms. The highest BCUT2D eigenvalue weighted by atomic mass is 32.2. The van der Waals surface area contributed by atoms with Crippen molar-refractivity contribution < 1.29 is 18.3 Å². The Morgan fingerprint density at radius 3 is 2.25 bits per heavy atom. The van der Waals surface area contributed by atoms with Gasteiger partial charge in [-0.1, -0.05) is 0 Å². The Kier molecular flexibility index (Phi) is 3.62. The van der Waals surface area contributed by atoms with E-state index >= 15 is 0 Å². The van der Waals surface area contributed by atoms with Crippen LogP contribution in [0.25, 0.3) is 0 Å². The molecule has 0 aliphatic heterocycles. The van der Waals surface area contributed by atoms with Crippen LogP contribution in [0.3, 0.4) is 0 Å². The highest BCUT2D eigenvalue weighted by Gasteiger charge is 2.20. The molecule has 0 aromatic carbocycles. The largest absolute Gasteiger partial charge is 0.754 e. The minimum absolute atomic E-state index is 0.00868. The molecule has 0 aromatic heterocycles. The van der Waals surface area contributed by atoms with E-state index in [0.717, 1.165) is 0 Å². The number of carbonyl (C=O) groups excluding carboxylic acids is 1. The van der Waals surface area contributed by atoms with Gasteiger partial charge in [-0.2, -0.15) is 4.41 Å². The number of ether oxygens (including phenoxy) is 1. The van der Waals surface area contributed by atoms with E-state index in [1.54, 1.807) is 20.8 Å². The van der Waals surface area contributed by atoms with Crippen molar-refractivity contribution in [2.75, 3.05) is 0 Å². The first-order valence-corrected chi connectivity index (χ1v) is 4.14. The highest BCUT2D eigenvalue weighted by Crippen LogP contribution is 2.08. The average Bonchev–Trinajstić information content (AvgIpc) is 1.82. The monoisotopic (exact) mass is 195 g/mol. The minimum Gasteiger partial charge on any atom is -0.754 e. The van der Waals surface area contributed by atoms with E-state index in [1.807, 2.05) is 0 Å². The van der Waals surface area contributed by atoms with Crippen LogP contribution in [0.1, 0.15) is 20.8 Å². The van der Waals surface area contributed by atoms with Crippen LogP contribution in [0, 0.1) is 0 Å². The quantitative estimate of drug-likeness (QED) is 0.272. The van der Waals surface area contributed by atoms with Crippen molar-refractivity contribution >= 4 is 17.4 Å². The van der Waals surface area contributed by atoms with Crippen molar-refractivity contribution in [3.05, 3.63) is 0 Å². The van der Waals surface area contributed by atoms with Crippen LogP contribution < -0.4 is 5.84 Å². The number of hydrogen-bond acceptors (Lipinski definition) is 5. The molecule has 0 aliphatic carbocycles. The van der Waals surface area contributed by atoms with Gasteiger partial charge in [0.25, 0.3) is 0 Å². The van der Waals surface area contributed by atoms with Crippen LogP contribution in [0.5, 0.6) is 0 Å². The number of hydrogen-bond donors (Lipinski definition) is 1. The molecule has 0 fully saturated rings. The normalized spacial score (nSPS) is 13.8. The van der Waals surface area contributed by atoms with Gasteiger partial charge >= 0.3 is 6.09 Å². The molecule has 1 amide bonds. The zero-order valence-electron chi connectivity index (χ0n) is 7.07. The molecule has 1 unspecified atom stereocenters. The van der Waals surface area contributed by atoms with Gasteiger partial charge < -0.3 is 9.29 Å². The Hall–Kier alpha value is -0.660. The number of nitrogens with two attached hydrogens (primary N) is 1. The van der Waals surface area contributed by atoms with E-state index in [2.05, 4.69) is 4.74 Å². The lowest BCUT2D eigenvalue weighted by Gasteiger charge is -2.24. The molecule has 2 N–H and O–H groups in total. The molecule has 72 valence electrons. The van der Waals surface area contributed by atoms with Crippen LogP contribution >= 0.6 is 0 Å². The summed E-state index contributed by atoms with van der Waals surface area (Å²) < 4.78 is 24.9. The van der Waals surface area contributed by atoms with Crippen LogP contribution in [0.4, 0.5) is 4.79 Å². The van der Waals surface area contributed by atoms with E-state index in [9.17, 15) is 13.6 Å². The Bertz CT molecular complexity index is 200. The fourth-order valence-corrected chi connectivity index (χ4v) is 0.527. The summed E-state index contributed by atoms with van der Waals surface area (Å²) in [6.45, 7) is 4.81. The zero-order chi connectivity index (χ0) is 9.94. The fourth-order valence-electron chi connectivity index (χ4n) is 0.368. The Morgan fingerprint density at radius 1 is 1.58 bits per heavy atom. The standard InChI is InChI=1S/C5H12N2O4S/c1-5(2,3)11-4(8)7(6)12(9)10/h6H2,1-3H3,(H,9,10)/p-1. The third-order valence-corrected chi connectivity index (χ3v) is 1.20. The van der Waals surface area contributed by atoms with Crippen molar-refractivity contribution in [2.24, 2.45) is 5.84 Å². The van der Waals surface area contributed by atoms with Gasteiger partial charge in [0.1, 0.15) is 5.60 Å². The molecule has 0 aromatic rings. The van der Waals surface area contributed by atoms with Gasteiger partial charge in [0.15, 0.2) is 0 Å². The average molecular weight is 195 g/mol. The predicted octanol–water partition coefficient (Wildman–Crippen LogP) is -0.109. The topological polar surface area (TPSA) is 95.7 Å². The summed E-state index contributed by atoms with van der Waals surface area (Å²) in [4.78, 5) is 10.8. The summed E-state index contributed by atoms with van der Waals surface area (Å²) in [6, 6.07) is 0. The molecule has 0 radical (unpaired) electrons. The Morgan fingerprint density at radius 2 is 2.00 bits per heavy atom. The molecule has 0 heterocycles. The second-order valence-electron chi connectivity index (χ2n) is 3.02. The van der Waals surface area contributed by atoms with Gasteiger partial charge in [-0.05, 0) is 20.8 Å². The van der Waals surface area contributed by atoms with E-state index in [1.165, 1.54) is 0 Å². The molecule has 6 nitrogen and oxygen atoms in total. The number of amides is 1. The summed E-state index contributed by atoms with van der Waals surface area (Å²) in [5.41, 5.74) is -0.756. The molecule has 0 saturated heterocycles. The van der Waals surface area contributed by atoms with Crippen LogP contribution in [-0.2, 0) is 16.0 Å². The third-order valence-electron chi connectivity index (χ3n) is 0.734. The molecule has 0 rings (SSSR count). The maximum Gasteiger partial charge on any atom is 0.436 e. The van der Waals surface area contributed by atoms with Gasteiger partial charge in [-0.3, -0.25) is 4.21 Å². The molecule has 0 aliphatic rings. The van der Waals surface area contributed by atoms with E-state index in [-0.39, 0.29) is 4.41 Å². The van der Waals surface area contributed by atoms with Crippen LogP contribution in [-0.4, -0.2) is 24.9 Å². The smallest absolute Gasteiger partial charge is 0.436 e. The molecular weight excluding hydrogens is 184 g/mol. The molecule has 0 spiro atoms. The SMILES string of the molecule is CC(C)(C)OC(=O)N(N)S(=O)[O-]. The van der Waals surface area contributed by atoms with Gasteiger partial charge in [0.2, 0.25) is 0 Å². The van der Waals surface area contributed by atoms with Crippen molar-refractivity contribution in [2.45, 2.75) is 26.4 Å². The molecule has 0 bridgehead atoms. The van der Waals surface area contributed by atoms with Gasteiger partial charge in [-0.25, -0.2) is 10.6 Å². The van der Waals surface area contributed by atoms with Crippen molar-refractivity contribution in [3.8, 4) is 0 Å². The second-order valence-corrected chi connectivity index (χ2v) is 3.85. The van der Waals surface area contributed by atoms with E-state index in [0.29, 0.717) is 0 Å². The first kappa shape index (κ1) is 11.3. The minimum atomic E-state index is -2.79. The Labute approximate surface area is 73.1 Å². The van der Waals surface area contributed by atoms with Crippen molar-refractivity contribution in [1.82, 2.24) is 4.41 Å². The van der Waals surface area contributed by atoms with Crippen LogP contribution in [0.2, 0.25) is 0 Å². The summed E-state index contributed by atoms with van der Waals surface area (Å²) >= 11 is -2.79. The van der Waals surface area contributed by atoms with Gasteiger partial charge in [0, 0.05) is 0 Å². The Balaban J connectivity index is 4.15. The zero-order valence-corrected chi connectivity index (χ0v) is 7.88. The predicted molar refractivity (Wildman–Crippen MR) is 41.2 cm³/mol. The molecule has 12 heavy (non-hydrogen) atoms. The summed E-state index contributed by atoms with van der Waals surface area (Å²) in [5.74, 6) is 4.81. The lowest BCUT2D eigenvalue weighted by molar-refractivity contribution is 0.0387. The molecular formula is C5H11N2O4S-. The van der Waals surface area contributed by atoms with E-state index in [4.69, 9.17) is 5.84 Å². The van der Waals surface area contributed by atoms with Crippen LogP contribution in [0.15, 0.2) is 0 Å². The van der Waals surface area contributed by atoms with Crippen molar-refractivity contribution in [3.63, 3.8) is 0 Å². The maximum absolute atomic E-state index is 10.8. The molecule has 1 atom stereocenters. The van der Waals surface area contributed by atoms with E-state index < -0.39 is 23.0 Å². The first-order valence-electron chi connectivity index (χ1n) is 3.11. The third kappa shape index (κ3) is 4.27. The first-order chi connectivity index (χ1) is 5.24. The summed E-state index contributed by atoms with van der Waals surface area (Å²) in [5, 5.41) is 0. The molecule has 0 saturated carbocycles. The highest BCUT2D eigenvalue weighted by molar-refractivity contribution is 7.77. The van der Waals surface area contributed by atoms with Crippen molar-refractivity contribution in [1.29, 1.82) is 0 Å². The fraction of sp³-hybridized carbons (Fsp3) is 0.800. The number of nitrogens with zero attached hydrogens (tertiary/aromatic N) is 1. The lowest BCUT2D eigenvalue weighted by Crippen LogP contribution is -2.42. The maximum atomic E-state index is 10.8. The number of rotatable bonds is 1. The number of hydrazine groups is 1. The second kappa shape index (κ2) is 3.83. The number of carbonyl (C=O) groups is 1. The van der Waals surface area contributed by atoms with Gasteiger partial charge in [0.05, 0.1) is 11.3 Å². The summed E-state index contributed by atoms with van der Waals surface area (Å²) in [7, 11) is 0. The van der Waals surface area contributed by atoms with Gasteiger partial charge in [-0.15, -0.1) is 0 Å².